The average Bonchev–Trinajstić information content (AvgIpc) is 2.83. The molecule has 0 unspecified atom stereocenters. The minimum Gasteiger partial charge on any atom is -0.353 e. The minimum atomic E-state index is -0.406. The monoisotopic (exact) mass is 498 g/mol. The third kappa shape index (κ3) is 14.1. The third-order valence-corrected chi connectivity index (χ3v) is 5.09. The lowest BCUT2D eigenvalue weighted by Crippen LogP contribution is -2.47. The van der Waals surface area contributed by atoms with Crippen molar-refractivity contribution in [2.45, 2.75) is 47.0 Å². The van der Waals surface area contributed by atoms with Crippen molar-refractivity contribution in [2.75, 3.05) is 66.0 Å². The number of nitrogens with zero attached hydrogens (tertiary/aromatic N) is 3. The van der Waals surface area contributed by atoms with Crippen LogP contribution >= 0.6 is 0 Å². The van der Waals surface area contributed by atoms with E-state index < -0.39 is 5.91 Å². The van der Waals surface area contributed by atoms with Crippen molar-refractivity contribution in [2.24, 2.45) is 0 Å². The van der Waals surface area contributed by atoms with Gasteiger partial charge in [0.15, 0.2) is 0 Å². The lowest BCUT2D eigenvalue weighted by molar-refractivity contribution is -0.137. The number of ketones is 1. The van der Waals surface area contributed by atoms with E-state index in [0.29, 0.717) is 19.5 Å². The predicted octanol–water partition coefficient (Wildman–Crippen LogP) is -1.26. The van der Waals surface area contributed by atoms with Gasteiger partial charge in [0.25, 0.3) is 0 Å². The Morgan fingerprint density at radius 3 is 1.23 bits per heavy atom. The molecule has 0 aliphatic rings. The van der Waals surface area contributed by atoms with Crippen LogP contribution in [0.3, 0.4) is 0 Å². The summed E-state index contributed by atoms with van der Waals surface area (Å²) in [5, 5.41) is 8.30. The quantitative estimate of drug-likeness (QED) is 0.214. The summed E-state index contributed by atoms with van der Waals surface area (Å²) in [6, 6.07) is 0. The zero-order valence-electron chi connectivity index (χ0n) is 21.8. The van der Waals surface area contributed by atoms with Gasteiger partial charge in [0.05, 0.1) is 19.6 Å². The van der Waals surface area contributed by atoms with Crippen LogP contribution in [0.4, 0.5) is 0 Å². The summed E-state index contributed by atoms with van der Waals surface area (Å²) in [6.07, 6.45) is 0.747. The van der Waals surface area contributed by atoms with Crippen molar-refractivity contribution in [3.63, 3.8) is 0 Å². The van der Waals surface area contributed by atoms with E-state index in [0.717, 1.165) is 0 Å². The standard InChI is InChI=1S/C23H42N6O6/c1-6-21(33)27(15-18(4)30)13-10-25-20(32)17-29(23(35)8-3)14-11-26-19(31)16-28(12-9-24-5)22(34)7-2/h24H,6-17H2,1-5H3,(H,25,32)(H,26,31). The molecule has 0 aliphatic heterocycles. The Balaban J connectivity index is 4.70. The minimum absolute atomic E-state index is 0.0150. The molecular weight excluding hydrogens is 456 g/mol. The second kappa shape index (κ2) is 18.3. The first-order valence-electron chi connectivity index (χ1n) is 12.1. The van der Waals surface area contributed by atoms with Gasteiger partial charge in [-0.3, -0.25) is 28.8 Å². The number of carbonyl (C=O) groups is 6. The normalized spacial score (nSPS) is 10.3. The molecule has 3 N–H and O–H groups in total. The van der Waals surface area contributed by atoms with Crippen LogP contribution in [0.2, 0.25) is 0 Å². The second-order valence-corrected chi connectivity index (χ2v) is 8.01. The Hall–Kier alpha value is -3.02. The number of nitrogens with one attached hydrogen (secondary N) is 3. The van der Waals surface area contributed by atoms with Gasteiger partial charge in [-0.15, -0.1) is 0 Å². The van der Waals surface area contributed by atoms with Crippen molar-refractivity contribution in [3.05, 3.63) is 0 Å². The average molecular weight is 499 g/mol. The largest absolute Gasteiger partial charge is 0.353 e. The van der Waals surface area contributed by atoms with Crippen LogP contribution in [0, 0.1) is 0 Å². The third-order valence-electron chi connectivity index (χ3n) is 5.09. The van der Waals surface area contributed by atoms with Gasteiger partial charge in [-0.25, -0.2) is 0 Å². The molecule has 0 atom stereocenters. The van der Waals surface area contributed by atoms with E-state index in [1.54, 1.807) is 27.8 Å². The molecule has 35 heavy (non-hydrogen) atoms. The van der Waals surface area contributed by atoms with Crippen molar-refractivity contribution in [3.8, 4) is 0 Å². The van der Waals surface area contributed by atoms with E-state index in [9.17, 15) is 28.8 Å². The van der Waals surface area contributed by atoms with Gasteiger partial charge >= 0.3 is 0 Å². The Bertz CT molecular complexity index is 729. The molecule has 0 aromatic rings. The number of hydrogen-bond acceptors (Lipinski definition) is 7. The van der Waals surface area contributed by atoms with Gasteiger partial charge in [-0.1, -0.05) is 20.8 Å². The summed E-state index contributed by atoms with van der Waals surface area (Å²) in [5.74, 6) is -1.45. The van der Waals surface area contributed by atoms with Crippen molar-refractivity contribution < 1.29 is 28.8 Å². The van der Waals surface area contributed by atoms with Gasteiger partial charge in [-0.05, 0) is 14.0 Å². The summed E-state index contributed by atoms with van der Waals surface area (Å²) in [5.41, 5.74) is 0. The Morgan fingerprint density at radius 2 is 0.914 bits per heavy atom. The second-order valence-electron chi connectivity index (χ2n) is 8.01. The molecule has 12 nitrogen and oxygen atoms in total. The van der Waals surface area contributed by atoms with Crippen molar-refractivity contribution >= 4 is 35.3 Å². The Labute approximate surface area is 208 Å². The first-order chi connectivity index (χ1) is 16.6. The molecule has 0 saturated carbocycles. The van der Waals surface area contributed by atoms with E-state index in [1.807, 2.05) is 0 Å². The van der Waals surface area contributed by atoms with Crippen LogP contribution in [-0.2, 0) is 28.8 Å². The molecule has 0 heterocycles. The Kier molecular flexibility index (Phi) is 16.7. The predicted molar refractivity (Wildman–Crippen MR) is 131 cm³/mol. The van der Waals surface area contributed by atoms with Crippen LogP contribution in [0.15, 0.2) is 0 Å². The summed E-state index contributed by atoms with van der Waals surface area (Å²) in [4.78, 5) is 76.4. The maximum atomic E-state index is 12.4. The number of hydrogen-bond donors (Lipinski definition) is 3. The molecule has 0 radical (unpaired) electrons. The van der Waals surface area contributed by atoms with E-state index >= 15 is 0 Å². The smallest absolute Gasteiger partial charge is 0.239 e. The topological polar surface area (TPSA) is 148 Å². The molecular formula is C23H42N6O6. The van der Waals surface area contributed by atoms with Gasteiger partial charge in [0.2, 0.25) is 29.5 Å². The number of carbonyl (C=O) groups excluding carboxylic acids is 6. The highest BCUT2D eigenvalue weighted by Crippen LogP contribution is 1.97. The molecule has 0 saturated heterocycles. The molecule has 0 fully saturated rings. The fraction of sp³-hybridized carbons (Fsp3) is 0.739. The maximum absolute atomic E-state index is 12.4. The van der Waals surface area contributed by atoms with E-state index in [1.165, 1.54) is 21.6 Å². The number of likely N-dealkylation sites (N-methyl/N-ethyl adjacent to an activating group) is 1. The zero-order chi connectivity index (χ0) is 26.8. The number of rotatable bonds is 18. The van der Waals surface area contributed by atoms with Crippen LogP contribution in [-0.4, -0.2) is 116 Å². The molecule has 0 rings (SSSR count). The zero-order valence-corrected chi connectivity index (χ0v) is 21.8. The van der Waals surface area contributed by atoms with Crippen LogP contribution in [0.5, 0.6) is 0 Å². The van der Waals surface area contributed by atoms with Crippen LogP contribution in [0.1, 0.15) is 47.0 Å². The summed E-state index contributed by atoms with van der Waals surface area (Å²) < 4.78 is 0. The van der Waals surface area contributed by atoms with Crippen LogP contribution < -0.4 is 16.0 Å². The molecule has 12 heteroatoms. The van der Waals surface area contributed by atoms with E-state index in [-0.39, 0.29) is 88.1 Å². The fourth-order valence-electron chi connectivity index (χ4n) is 3.18. The van der Waals surface area contributed by atoms with E-state index in [2.05, 4.69) is 16.0 Å². The molecule has 0 aromatic heterocycles. The maximum Gasteiger partial charge on any atom is 0.239 e. The number of amides is 5. The highest BCUT2D eigenvalue weighted by Gasteiger charge is 2.19. The number of Topliss-reactive ketones (excluding diaryl/α,β-unsaturated/α-hetero) is 1. The van der Waals surface area contributed by atoms with E-state index in [4.69, 9.17) is 0 Å². The molecule has 200 valence electrons. The van der Waals surface area contributed by atoms with Crippen molar-refractivity contribution in [1.29, 1.82) is 0 Å². The summed E-state index contributed by atoms with van der Waals surface area (Å²) in [6.45, 7) is 7.79. The molecule has 5 amide bonds. The first kappa shape index (κ1) is 32.0. The van der Waals surface area contributed by atoms with Gasteiger partial charge in [0.1, 0.15) is 5.78 Å². The first-order valence-corrected chi connectivity index (χ1v) is 12.1. The summed E-state index contributed by atoms with van der Waals surface area (Å²) in [7, 11) is 1.76. The molecule has 0 bridgehead atoms. The lowest BCUT2D eigenvalue weighted by Gasteiger charge is -2.24. The van der Waals surface area contributed by atoms with Gasteiger partial charge < -0.3 is 30.7 Å². The lowest BCUT2D eigenvalue weighted by atomic mass is 10.3. The molecule has 0 aliphatic carbocycles. The fourth-order valence-corrected chi connectivity index (χ4v) is 3.18. The molecule has 0 aromatic carbocycles. The van der Waals surface area contributed by atoms with Crippen LogP contribution in [0.25, 0.3) is 0 Å². The van der Waals surface area contributed by atoms with Crippen molar-refractivity contribution in [1.82, 2.24) is 30.7 Å². The van der Waals surface area contributed by atoms with Gasteiger partial charge in [-0.2, -0.15) is 0 Å². The molecule has 0 spiro atoms. The summed E-state index contributed by atoms with van der Waals surface area (Å²) >= 11 is 0. The van der Waals surface area contributed by atoms with Gasteiger partial charge in [0, 0.05) is 58.5 Å². The highest BCUT2D eigenvalue weighted by molar-refractivity contribution is 5.86. The highest BCUT2D eigenvalue weighted by atomic mass is 16.2. The SMILES string of the molecule is CCC(=O)N(CCNC(=O)CN(CCNC(=O)CN(CCNC)C(=O)CC)C(=O)CC)CC(C)=O. The Morgan fingerprint density at radius 1 is 0.571 bits per heavy atom.